The fourth-order valence-electron chi connectivity index (χ4n) is 2.58. The zero-order valence-electron chi connectivity index (χ0n) is 13.7. The van der Waals surface area contributed by atoms with Crippen LogP contribution in [0.1, 0.15) is 27.7 Å². The summed E-state index contributed by atoms with van der Waals surface area (Å²) < 4.78 is 6.67. The lowest BCUT2D eigenvalue weighted by molar-refractivity contribution is -0.164. The van der Waals surface area contributed by atoms with Gasteiger partial charge in [0.2, 0.25) is 5.91 Å². The highest BCUT2D eigenvalue weighted by Gasteiger charge is 2.61. The number of aliphatic carboxylic acids is 1. The van der Waals surface area contributed by atoms with Gasteiger partial charge in [0.1, 0.15) is 0 Å². The van der Waals surface area contributed by atoms with E-state index in [2.05, 4.69) is 33.9 Å². The van der Waals surface area contributed by atoms with Gasteiger partial charge in [0.25, 0.3) is 0 Å². The number of carbonyl (C=O) groups is 2. The lowest BCUT2D eigenvalue weighted by Gasteiger charge is -2.48. The second kappa shape index (κ2) is 5.57. The Labute approximate surface area is 141 Å². The molecule has 8 heteroatoms. The van der Waals surface area contributed by atoms with E-state index in [-0.39, 0.29) is 28.3 Å². The summed E-state index contributed by atoms with van der Waals surface area (Å²) >= 11 is 6.44. The van der Waals surface area contributed by atoms with E-state index in [0.29, 0.717) is 4.20 Å². The van der Waals surface area contributed by atoms with Gasteiger partial charge in [-0.15, -0.1) is 0 Å². The van der Waals surface area contributed by atoms with Crippen LogP contribution in [-0.2, 0) is 14.0 Å². The number of hydrogen-bond acceptors (Lipinski definition) is 5. The maximum absolute atomic E-state index is 12.4. The standard InChI is InChI=1S/C14H23NO4S2Si/c1-7(19-22(5,6)14(2,3)4)8-10(16)15-9(12(17)18)13(20)21-11(8)15/h7-9,11H,1-6H3,(H,17,18)/t7-,8+,9?,11?/m1/s1. The zero-order valence-corrected chi connectivity index (χ0v) is 16.4. The number of thiocarbonyl (C=S) groups is 1. The predicted octanol–water partition coefficient (Wildman–Crippen LogP) is 2.71. The molecule has 2 saturated heterocycles. The Morgan fingerprint density at radius 2 is 2.00 bits per heavy atom. The van der Waals surface area contributed by atoms with Gasteiger partial charge in [0.05, 0.1) is 21.6 Å². The first-order valence-corrected chi connectivity index (χ1v) is 11.5. The first kappa shape index (κ1) is 17.9. The minimum absolute atomic E-state index is 0.0649. The molecule has 2 aliphatic heterocycles. The SMILES string of the molecule is C[C@@H](O[Si](C)(C)C(C)(C)C)[C@H]1C(=O)N2C(C(=O)O)C(=S)SC12. The third kappa shape index (κ3) is 2.74. The molecule has 4 atom stereocenters. The van der Waals surface area contributed by atoms with Gasteiger partial charge in [0, 0.05) is 0 Å². The Kier molecular flexibility index (Phi) is 4.54. The van der Waals surface area contributed by atoms with Crippen molar-refractivity contribution < 1.29 is 19.1 Å². The summed E-state index contributed by atoms with van der Waals surface area (Å²) in [6.45, 7) is 12.7. The lowest BCUT2D eigenvalue weighted by Crippen LogP contribution is -2.65. The van der Waals surface area contributed by atoms with Crippen LogP contribution in [0.15, 0.2) is 0 Å². The monoisotopic (exact) mass is 361 g/mol. The number of nitrogens with zero attached hydrogens (tertiary/aromatic N) is 1. The molecule has 2 rings (SSSR count). The second-order valence-corrected chi connectivity index (χ2v) is 14.0. The average Bonchev–Trinajstić information content (AvgIpc) is 2.60. The maximum Gasteiger partial charge on any atom is 0.332 e. The number of fused-ring (bicyclic) bond motifs is 1. The molecule has 1 N–H and O–H groups in total. The third-order valence-electron chi connectivity index (χ3n) is 4.89. The molecule has 0 bridgehead atoms. The third-order valence-corrected chi connectivity index (χ3v) is 11.2. The van der Waals surface area contributed by atoms with Gasteiger partial charge in [-0.1, -0.05) is 44.8 Å². The molecular formula is C14H23NO4S2Si. The number of thioether (sulfide) groups is 1. The number of carboxylic acid groups (broad SMARTS) is 1. The van der Waals surface area contributed by atoms with Gasteiger partial charge in [-0.05, 0) is 25.1 Å². The number of rotatable bonds is 4. The van der Waals surface area contributed by atoms with Crippen LogP contribution in [0.3, 0.4) is 0 Å². The molecule has 124 valence electrons. The molecule has 0 aliphatic carbocycles. The Balaban J connectivity index is 2.12. The van der Waals surface area contributed by atoms with E-state index in [1.165, 1.54) is 16.7 Å². The van der Waals surface area contributed by atoms with E-state index in [0.717, 1.165) is 0 Å². The van der Waals surface area contributed by atoms with Crippen LogP contribution in [0, 0.1) is 5.92 Å². The van der Waals surface area contributed by atoms with Crippen LogP contribution < -0.4 is 0 Å². The van der Waals surface area contributed by atoms with Crippen molar-refractivity contribution in [2.75, 3.05) is 0 Å². The van der Waals surface area contributed by atoms with Crippen LogP contribution in [0.5, 0.6) is 0 Å². The van der Waals surface area contributed by atoms with E-state index >= 15 is 0 Å². The molecule has 0 aromatic heterocycles. The molecule has 1 amide bonds. The summed E-state index contributed by atoms with van der Waals surface area (Å²) in [4.78, 5) is 25.1. The molecule has 22 heavy (non-hydrogen) atoms. The summed E-state index contributed by atoms with van der Waals surface area (Å²) in [7, 11) is -1.97. The molecule has 0 spiro atoms. The highest BCUT2D eigenvalue weighted by molar-refractivity contribution is 8.24. The fraction of sp³-hybridized carbons (Fsp3) is 0.786. The van der Waals surface area contributed by atoms with Crippen molar-refractivity contribution in [2.45, 2.75) is 63.3 Å². The number of carboxylic acids is 1. The van der Waals surface area contributed by atoms with Crippen molar-refractivity contribution in [3.05, 3.63) is 0 Å². The number of hydrogen-bond donors (Lipinski definition) is 1. The molecular weight excluding hydrogens is 338 g/mol. The summed E-state index contributed by atoms with van der Waals surface area (Å²) in [5, 5.41) is 9.09. The number of β-lactam (4-membered cyclic amide) rings is 1. The molecule has 2 heterocycles. The van der Waals surface area contributed by atoms with E-state index in [1.54, 1.807) is 0 Å². The fourth-order valence-corrected chi connectivity index (χ4v) is 5.92. The van der Waals surface area contributed by atoms with Gasteiger partial charge in [0.15, 0.2) is 14.4 Å². The van der Waals surface area contributed by atoms with E-state index in [9.17, 15) is 14.7 Å². The zero-order chi connectivity index (χ0) is 17.0. The Bertz CT molecular complexity index is 531. The highest BCUT2D eigenvalue weighted by Crippen LogP contribution is 2.48. The molecule has 2 fully saturated rings. The van der Waals surface area contributed by atoms with Crippen LogP contribution in [0.2, 0.25) is 18.1 Å². The van der Waals surface area contributed by atoms with Crippen molar-refractivity contribution >= 4 is 48.4 Å². The van der Waals surface area contributed by atoms with Crippen LogP contribution in [-0.4, -0.2) is 51.9 Å². The Morgan fingerprint density at radius 3 is 2.45 bits per heavy atom. The van der Waals surface area contributed by atoms with Crippen molar-refractivity contribution in [1.82, 2.24) is 4.90 Å². The quantitative estimate of drug-likeness (QED) is 0.472. The van der Waals surface area contributed by atoms with Crippen LogP contribution >= 0.6 is 24.0 Å². The molecule has 0 radical (unpaired) electrons. The van der Waals surface area contributed by atoms with Crippen molar-refractivity contribution in [3.63, 3.8) is 0 Å². The molecule has 2 aliphatic rings. The molecule has 0 aromatic carbocycles. The van der Waals surface area contributed by atoms with Gasteiger partial charge in [-0.3, -0.25) is 4.79 Å². The lowest BCUT2D eigenvalue weighted by atomic mass is 9.91. The first-order chi connectivity index (χ1) is 9.88. The largest absolute Gasteiger partial charge is 0.479 e. The minimum Gasteiger partial charge on any atom is -0.479 e. The van der Waals surface area contributed by atoms with E-state index < -0.39 is 20.3 Å². The summed E-state index contributed by atoms with van der Waals surface area (Å²) in [5.74, 6) is -1.51. The maximum atomic E-state index is 12.4. The van der Waals surface area contributed by atoms with Crippen molar-refractivity contribution in [1.29, 1.82) is 0 Å². The smallest absolute Gasteiger partial charge is 0.332 e. The van der Waals surface area contributed by atoms with Gasteiger partial charge in [-0.2, -0.15) is 0 Å². The topological polar surface area (TPSA) is 66.8 Å². The normalized spacial score (nSPS) is 30.1. The number of amides is 1. The Hall–Kier alpha value is -0.443. The van der Waals surface area contributed by atoms with Crippen molar-refractivity contribution in [2.24, 2.45) is 5.92 Å². The number of carbonyl (C=O) groups excluding carboxylic acids is 1. The summed E-state index contributed by atoms with van der Waals surface area (Å²) in [6.07, 6.45) is -0.225. The summed E-state index contributed by atoms with van der Waals surface area (Å²) in [5.41, 5.74) is 0. The molecule has 0 aromatic rings. The van der Waals surface area contributed by atoms with Gasteiger partial charge in [-0.25, -0.2) is 4.79 Å². The van der Waals surface area contributed by atoms with E-state index in [1.807, 2.05) is 6.92 Å². The molecule has 2 unspecified atom stereocenters. The first-order valence-electron chi connectivity index (χ1n) is 7.32. The molecule has 0 saturated carbocycles. The van der Waals surface area contributed by atoms with Crippen LogP contribution in [0.25, 0.3) is 0 Å². The van der Waals surface area contributed by atoms with E-state index in [4.69, 9.17) is 16.6 Å². The van der Waals surface area contributed by atoms with Crippen molar-refractivity contribution in [3.8, 4) is 0 Å². The average molecular weight is 362 g/mol. The van der Waals surface area contributed by atoms with Gasteiger partial charge >= 0.3 is 5.97 Å². The molecule has 5 nitrogen and oxygen atoms in total. The van der Waals surface area contributed by atoms with Gasteiger partial charge < -0.3 is 14.4 Å². The second-order valence-electron chi connectivity index (χ2n) is 7.42. The predicted molar refractivity (Wildman–Crippen MR) is 93.5 cm³/mol. The Morgan fingerprint density at radius 1 is 1.45 bits per heavy atom. The summed E-state index contributed by atoms with van der Waals surface area (Å²) in [6, 6.07) is -0.964. The minimum atomic E-state index is -1.97. The van der Waals surface area contributed by atoms with Crippen LogP contribution in [0.4, 0.5) is 0 Å². The highest BCUT2D eigenvalue weighted by atomic mass is 32.2.